The smallest absolute Gasteiger partial charge is 0.216 e. The number of Topliss-reactive ketones (excluding diaryl/α,β-unsaturated/α-hetero) is 1. The Hall–Kier alpha value is -1.75. The molecule has 0 saturated heterocycles. The monoisotopic (exact) mass is 306 g/mol. The molecule has 0 N–H and O–H groups in total. The van der Waals surface area contributed by atoms with Gasteiger partial charge in [-0.25, -0.2) is 9.97 Å². The molecule has 0 saturated carbocycles. The zero-order valence-electron chi connectivity index (χ0n) is 9.76. The highest BCUT2D eigenvalue weighted by atomic mass is 79.9. The molecule has 0 bridgehead atoms. The van der Waals surface area contributed by atoms with Crippen LogP contribution in [0.25, 0.3) is 0 Å². The first-order valence-electron chi connectivity index (χ1n) is 5.32. The lowest BCUT2D eigenvalue weighted by Crippen LogP contribution is -2.06. The van der Waals surface area contributed by atoms with E-state index in [1.54, 1.807) is 6.07 Å². The summed E-state index contributed by atoms with van der Waals surface area (Å²) in [5.41, 5.74) is 1.30. The average molecular weight is 307 g/mol. The predicted molar refractivity (Wildman–Crippen MR) is 70.8 cm³/mol. The van der Waals surface area contributed by atoms with Gasteiger partial charge in [-0.3, -0.25) is 4.79 Å². The Kier molecular flexibility index (Phi) is 4.04. The minimum Gasteiger partial charge on any atom is -0.481 e. The van der Waals surface area contributed by atoms with E-state index in [4.69, 9.17) is 4.74 Å². The molecular formula is C13H11BrN2O2. The van der Waals surface area contributed by atoms with E-state index in [1.165, 1.54) is 13.4 Å². The number of benzene rings is 1. The Morgan fingerprint density at radius 3 is 2.89 bits per heavy atom. The number of nitrogens with zero attached hydrogens (tertiary/aromatic N) is 2. The van der Waals surface area contributed by atoms with Gasteiger partial charge in [0.2, 0.25) is 5.88 Å². The second-order valence-corrected chi connectivity index (χ2v) is 4.59. The van der Waals surface area contributed by atoms with Crippen LogP contribution in [0.15, 0.2) is 41.1 Å². The van der Waals surface area contributed by atoms with Gasteiger partial charge < -0.3 is 4.74 Å². The van der Waals surface area contributed by atoms with Crippen molar-refractivity contribution in [2.75, 3.05) is 7.11 Å². The highest BCUT2D eigenvalue weighted by Crippen LogP contribution is 2.14. The number of methoxy groups -OCH3 is 1. The Morgan fingerprint density at radius 1 is 1.33 bits per heavy atom. The van der Waals surface area contributed by atoms with Crippen molar-refractivity contribution in [2.45, 2.75) is 6.42 Å². The van der Waals surface area contributed by atoms with Gasteiger partial charge in [0.15, 0.2) is 5.78 Å². The van der Waals surface area contributed by atoms with E-state index in [-0.39, 0.29) is 5.78 Å². The van der Waals surface area contributed by atoms with Crippen LogP contribution in [0.2, 0.25) is 0 Å². The Bertz CT molecular complexity index is 572. The van der Waals surface area contributed by atoms with Gasteiger partial charge in [0.25, 0.3) is 0 Å². The molecule has 0 radical (unpaired) electrons. The van der Waals surface area contributed by atoms with Crippen molar-refractivity contribution >= 4 is 21.7 Å². The summed E-state index contributed by atoms with van der Waals surface area (Å²) in [6, 6.07) is 9.17. The second kappa shape index (κ2) is 5.73. The summed E-state index contributed by atoms with van der Waals surface area (Å²) in [7, 11) is 1.50. The van der Waals surface area contributed by atoms with Crippen LogP contribution in [0, 0.1) is 0 Å². The highest BCUT2D eigenvalue weighted by molar-refractivity contribution is 9.10. The van der Waals surface area contributed by atoms with Crippen LogP contribution in [0.3, 0.4) is 0 Å². The fraction of sp³-hybridized carbons (Fsp3) is 0.154. The van der Waals surface area contributed by atoms with E-state index < -0.39 is 0 Å². The van der Waals surface area contributed by atoms with Crippen molar-refractivity contribution < 1.29 is 9.53 Å². The number of carbonyl (C=O) groups excluding carboxylic acids is 1. The van der Waals surface area contributed by atoms with Crippen molar-refractivity contribution in [3.63, 3.8) is 0 Å². The second-order valence-electron chi connectivity index (χ2n) is 3.68. The van der Waals surface area contributed by atoms with Crippen molar-refractivity contribution in [1.29, 1.82) is 0 Å². The van der Waals surface area contributed by atoms with Gasteiger partial charge >= 0.3 is 0 Å². The fourth-order valence-corrected chi connectivity index (χ4v) is 1.97. The van der Waals surface area contributed by atoms with Crippen molar-refractivity contribution in [3.8, 4) is 5.88 Å². The number of hydrogen-bond donors (Lipinski definition) is 0. The van der Waals surface area contributed by atoms with Gasteiger partial charge in [0.05, 0.1) is 7.11 Å². The molecular weight excluding hydrogens is 296 g/mol. The fourth-order valence-electron chi connectivity index (χ4n) is 1.53. The summed E-state index contributed by atoms with van der Waals surface area (Å²) < 4.78 is 5.92. The van der Waals surface area contributed by atoms with Crippen LogP contribution in [0.4, 0.5) is 0 Å². The molecule has 0 atom stereocenters. The first-order chi connectivity index (χ1) is 8.69. The van der Waals surface area contributed by atoms with Gasteiger partial charge in [0.1, 0.15) is 12.0 Å². The molecule has 0 aliphatic heterocycles. The largest absolute Gasteiger partial charge is 0.481 e. The molecule has 2 aromatic rings. The lowest BCUT2D eigenvalue weighted by Gasteiger charge is -2.03. The molecule has 1 heterocycles. The van der Waals surface area contributed by atoms with Gasteiger partial charge in [0, 0.05) is 17.0 Å². The van der Waals surface area contributed by atoms with E-state index in [2.05, 4.69) is 25.9 Å². The third kappa shape index (κ3) is 3.13. The highest BCUT2D eigenvalue weighted by Gasteiger charge is 2.10. The van der Waals surface area contributed by atoms with Crippen LogP contribution >= 0.6 is 15.9 Å². The number of ketones is 1. The minimum atomic E-state index is -0.0613. The SMILES string of the molecule is COc1cc(C(=O)Cc2cccc(Br)c2)ncn1. The number of ether oxygens (including phenoxy) is 1. The Morgan fingerprint density at radius 2 is 2.17 bits per heavy atom. The van der Waals surface area contributed by atoms with Gasteiger partial charge in [-0.2, -0.15) is 0 Å². The molecule has 2 rings (SSSR count). The van der Waals surface area contributed by atoms with Gasteiger partial charge in [-0.15, -0.1) is 0 Å². The van der Waals surface area contributed by atoms with Crippen LogP contribution in [-0.2, 0) is 6.42 Å². The van der Waals surface area contributed by atoms with Crippen molar-refractivity contribution in [1.82, 2.24) is 9.97 Å². The Labute approximate surface area is 113 Å². The molecule has 0 unspecified atom stereocenters. The van der Waals surface area contributed by atoms with Gasteiger partial charge in [-0.1, -0.05) is 28.1 Å². The molecule has 5 heteroatoms. The minimum absolute atomic E-state index is 0.0613. The summed E-state index contributed by atoms with van der Waals surface area (Å²) in [4.78, 5) is 19.9. The van der Waals surface area contributed by atoms with E-state index in [1.807, 2.05) is 24.3 Å². The molecule has 0 aliphatic rings. The summed E-state index contributed by atoms with van der Waals surface area (Å²) in [6.07, 6.45) is 1.63. The summed E-state index contributed by atoms with van der Waals surface area (Å²) >= 11 is 3.37. The molecule has 92 valence electrons. The summed E-state index contributed by atoms with van der Waals surface area (Å²) in [5, 5.41) is 0. The Balaban J connectivity index is 2.16. The number of aromatic nitrogens is 2. The van der Waals surface area contributed by atoms with Crippen molar-refractivity contribution in [3.05, 3.63) is 52.4 Å². The molecule has 4 nitrogen and oxygen atoms in total. The van der Waals surface area contributed by atoms with E-state index in [9.17, 15) is 4.79 Å². The third-order valence-corrected chi connectivity index (χ3v) is 2.88. The summed E-state index contributed by atoms with van der Waals surface area (Å²) in [6.45, 7) is 0. The van der Waals surface area contributed by atoms with E-state index in [0.29, 0.717) is 18.0 Å². The van der Waals surface area contributed by atoms with Crippen LogP contribution in [0.5, 0.6) is 5.88 Å². The first-order valence-corrected chi connectivity index (χ1v) is 6.12. The maximum atomic E-state index is 12.0. The molecule has 1 aromatic carbocycles. The predicted octanol–water partition coefficient (Wildman–Crippen LogP) is 2.67. The van der Waals surface area contributed by atoms with Crippen LogP contribution < -0.4 is 4.74 Å². The molecule has 0 spiro atoms. The number of hydrogen-bond acceptors (Lipinski definition) is 4. The van der Waals surface area contributed by atoms with Crippen molar-refractivity contribution in [2.24, 2.45) is 0 Å². The third-order valence-electron chi connectivity index (χ3n) is 2.39. The van der Waals surface area contributed by atoms with Crippen LogP contribution in [0.1, 0.15) is 16.1 Å². The number of carbonyl (C=O) groups is 1. The molecule has 1 aromatic heterocycles. The molecule has 0 amide bonds. The molecule has 0 fully saturated rings. The van der Waals surface area contributed by atoms with Gasteiger partial charge in [-0.05, 0) is 17.7 Å². The lowest BCUT2D eigenvalue weighted by atomic mass is 10.1. The molecule has 0 aliphatic carbocycles. The number of rotatable bonds is 4. The summed E-state index contributed by atoms with van der Waals surface area (Å²) in [5.74, 6) is 0.330. The number of halogens is 1. The zero-order chi connectivity index (χ0) is 13.0. The van der Waals surface area contributed by atoms with E-state index in [0.717, 1.165) is 10.0 Å². The standard InChI is InChI=1S/C13H11BrN2O2/c1-18-13-7-11(15-8-16-13)12(17)6-9-3-2-4-10(14)5-9/h2-5,7-8H,6H2,1H3. The van der Waals surface area contributed by atoms with E-state index >= 15 is 0 Å². The molecule has 18 heavy (non-hydrogen) atoms. The lowest BCUT2D eigenvalue weighted by molar-refractivity contribution is 0.0987. The zero-order valence-corrected chi connectivity index (χ0v) is 11.3. The maximum absolute atomic E-state index is 12.0. The van der Waals surface area contributed by atoms with Crippen LogP contribution in [-0.4, -0.2) is 22.9 Å². The first kappa shape index (κ1) is 12.7. The topological polar surface area (TPSA) is 52.1 Å². The quantitative estimate of drug-likeness (QED) is 0.815. The average Bonchev–Trinajstić information content (AvgIpc) is 2.39. The normalized spacial score (nSPS) is 10.1. The maximum Gasteiger partial charge on any atom is 0.216 e.